The molecule has 0 spiro atoms. The first-order valence-electron chi connectivity index (χ1n) is 4.71. The van der Waals surface area contributed by atoms with E-state index in [1.807, 2.05) is 0 Å². The van der Waals surface area contributed by atoms with Crippen LogP contribution in [0.15, 0.2) is 0 Å². The van der Waals surface area contributed by atoms with Crippen molar-refractivity contribution < 1.29 is 42.8 Å². The predicted molar refractivity (Wildman–Crippen MR) is 55.0 cm³/mol. The Morgan fingerprint density at radius 2 is 1.21 bits per heavy atom. The number of alkyl halides is 6. The first kappa shape index (κ1) is 18.7. The van der Waals surface area contributed by atoms with Gasteiger partial charge in [0.05, 0.1) is 0 Å². The fourth-order valence-electron chi connectivity index (χ4n) is 0.783. The Hall–Kier alpha value is -0.333. The third-order valence-corrected chi connectivity index (χ3v) is 5.06. The molecule has 0 radical (unpaired) electrons. The summed E-state index contributed by atoms with van der Waals surface area (Å²) in [5.74, 6) is 0. The third-order valence-electron chi connectivity index (χ3n) is 1.70. The Labute approximate surface area is 107 Å². The van der Waals surface area contributed by atoms with Crippen LogP contribution in [0.5, 0.6) is 0 Å². The first-order valence-corrected chi connectivity index (χ1v) is 9.45. The summed E-state index contributed by atoms with van der Waals surface area (Å²) < 4.78 is 104. The molecule has 19 heavy (non-hydrogen) atoms. The summed E-state index contributed by atoms with van der Waals surface area (Å²) in [5.41, 5.74) is -4.86. The Morgan fingerprint density at radius 3 is 1.42 bits per heavy atom. The van der Waals surface area contributed by atoms with Gasteiger partial charge >= 0.3 is 22.8 Å². The summed E-state index contributed by atoms with van der Waals surface area (Å²) in [6.07, 6.45) is -11.9. The monoisotopic (exact) mass is 334 g/mol. The highest BCUT2D eigenvalue weighted by atomic mass is 32.3. The lowest BCUT2D eigenvalue weighted by atomic mass is 10.1. The molecule has 0 unspecified atom stereocenters. The van der Waals surface area contributed by atoms with Gasteiger partial charge in [-0.2, -0.15) is 34.8 Å². The topological polar surface area (TPSA) is 52.6 Å². The van der Waals surface area contributed by atoms with Crippen LogP contribution in [0.3, 0.4) is 0 Å². The minimum Gasteiger partial charge on any atom is -0.294 e. The molecule has 0 aliphatic heterocycles. The van der Waals surface area contributed by atoms with Crippen molar-refractivity contribution in [2.24, 2.45) is 0 Å². The maximum Gasteiger partial charge on any atom is 0.427 e. The van der Waals surface area contributed by atoms with Crippen molar-refractivity contribution in [3.05, 3.63) is 0 Å². The second kappa shape index (κ2) is 4.89. The van der Waals surface area contributed by atoms with E-state index in [1.54, 1.807) is 0 Å². The quantitative estimate of drug-likeness (QED) is 0.586. The number of rotatable bonds is 4. The summed E-state index contributed by atoms with van der Waals surface area (Å²) in [6.45, 7) is 3.35. The van der Waals surface area contributed by atoms with Crippen molar-refractivity contribution in [3.63, 3.8) is 0 Å². The molecule has 12 heteroatoms. The van der Waals surface area contributed by atoms with E-state index in [9.17, 15) is 34.8 Å². The number of hydrogen-bond donors (Lipinski definition) is 0. The molecule has 0 amide bonds. The molecule has 0 fully saturated rings. The van der Waals surface area contributed by atoms with Crippen LogP contribution in [-0.2, 0) is 18.5 Å². The molecular weight excluding hydrogens is 322 g/mol. The number of hydrogen-bond acceptors (Lipinski definition) is 4. The minimum absolute atomic E-state index is 0.419. The Morgan fingerprint density at radius 1 is 0.895 bits per heavy atom. The van der Waals surface area contributed by atoms with Gasteiger partial charge < -0.3 is 0 Å². The molecule has 0 saturated heterocycles. The second-order valence-corrected chi connectivity index (χ2v) is 10.6. The van der Waals surface area contributed by atoms with Gasteiger partial charge in [0.25, 0.3) is 5.60 Å². The van der Waals surface area contributed by atoms with Crippen molar-refractivity contribution in [3.8, 4) is 0 Å². The highest BCUT2D eigenvalue weighted by Crippen LogP contribution is 2.46. The molecule has 116 valence electrons. The first-order chi connectivity index (χ1) is 7.91. The van der Waals surface area contributed by atoms with Crippen LogP contribution >= 0.6 is 0 Å². The maximum absolute atomic E-state index is 12.4. The largest absolute Gasteiger partial charge is 0.427 e. The third kappa shape index (κ3) is 4.93. The average Bonchev–Trinajstić information content (AvgIpc) is 1.92. The molecule has 0 aromatic rings. The van der Waals surface area contributed by atoms with E-state index in [4.69, 9.17) is 0 Å². The average molecular weight is 334 g/mol. The van der Waals surface area contributed by atoms with Gasteiger partial charge in [0.1, 0.15) is 0 Å². The SMILES string of the molecule is CC(OS(=O)(=O)O[Si](C)(C)C)(C(F)(F)F)C(F)(F)F. The molecule has 0 saturated carbocycles. The van der Waals surface area contributed by atoms with E-state index >= 15 is 0 Å². The van der Waals surface area contributed by atoms with E-state index in [2.05, 4.69) is 8.06 Å². The normalized spacial score (nSPS) is 15.7. The maximum atomic E-state index is 12.4. The van der Waals surface area contributed by atoms with Gasteiger partial charge in [0, 0.05) is 0 Å². The van der Waals surface area contributed by atoms with Crippen LogP contribution in [0.2, 0.25) is 19.6 Å². The molecule has 0 N–H and O–H groups in total. The molecule has 0 aliphatic carbocycles. The van der Waals surface area contributed by atoms with Crippen LogP contribution < -0.4 is 0 Å². The van der Waals surface area contributed by atoms with E-state index in [1.165, 1.54) is 19.6 Å². The van der Waals surface area contributed by atoms with Crippen molar-refractivity contribution in [1.29, 1.82) is 0 Å². The molecule has 0 heterocycles. The van der Waals surface area contributed by atoms with Crippen molar-refractivity contribution in [2.45, 2.75) is 44.5 Å². The van der Waals surface area contributed by atoms with Crippen LogP contribution in [0, 0.1) is 0 Å². The molecule has 0 rings (SSSR count). The molecule has 0 atom stereocenters. The molecule has 0 aliphatic rings. The van der Waals surface area contributed by atoms with E-state index in [0.717, 1.165) is 0 Å². The van der Waals surface area contributed by atoms with Crippen molar-refractivity contribution in [2.75, 3.05) is 0 Å². The summed E-state index contributed by atoms with van der Waals surface area (Å²) in [6, 6.07) is 0. The molecule has 0 aromatic heterocycles. The van der Waals surface area contributed by atoms with Gasteiger partial charge in [0.2, 0.25) is 8.32 Å². The van der Waals surface area contributed by atoms with Gasteiger partial charge in [-0.05, 0) is 26.6 Å². The van der Waals surface area contributed by atoms with Gasteiger partial charge in [0.15, 0.2) is 0 Å². The van der Waals surface area contributed by atoms with Crippen LogP contribution in [0.4, 0.5) is 26.3 Å². The fraction of sp³-hybridized carbons (Fsp3) is 1.00. The highest BCUT2D eigenvalue weighted by Gasteiger charge is 2.71. The lowest BCUT2D eigenvalue weighted by Crippen LogP contribution is -2.57. The molecule has 0 bridgehead atoms. The summed E-state index contributed by atoms with van der Waals surface area (Å²) in [7, 11) is -8.40. The Bertz CT molecular complexity index is 406. The van der Waals surface area contributed by atoms with Crippen LogP contribution in [0.1, 0.15) is 6.92 Å². The van der Waals surface area contributed by atoms with E-state index in [0.29, 0.717) is 0 Å². The van der Waals surface area contributed by atoms with Crippen LogP contribution in [-0.4, -0.2) is 34.7 Å². The summed E-state index contributed by atoms with van der Waals surface area (Å²) in [5, 5.41) is 0. The lowest BCUT2D eigenvalue weighted by molar-refractivity contribution is -0.350. The standard InChI is InChI=1S/C7H12F6O4SSi/c1-5(6(8,9)10,7(11,12)13)16-18(14,15)17-19(2,3)4/h1-4H3. The lowest BCUT2D eigenvalue weighted by Gasteiger charge is -2.33. The minimum atomic E-state index is -5.97. The Kier molecular flexibility index (Phi) is 4.81. The zero-order valence-electron chi connectivity index (χ0n) is 10.3. The van der Waals surface area contributed by atoms with Gasteiger partial charge in [-0.15, -0.1) is 0 Å². The van der Waals surface area contributed by atoms with Crippen molar-refractivity contribution in [1.82, 2.24) is 0 Å². The van der Waals surface area contributed by atoms with Gasteiger partial charge in [-0.3, -0.25) is 3.87 Å². The Balaban J connectivity index is 5.52. The van der Waals surface area contributed by atoms with E-state index < -0.39 is 43.6 Å². The van der Waals surface area contributed by atoms with Gasteiger partial charge in [-0.25, -0.2) is 4.18 Å². The number of halogens is 6. The second-order valence-electron chi connectivity index (χ2n) is 4.72. The van der Waals surface area contributed by atoms with Crippen molar-refractivity contribution >= 4 is 18.7 Å². The smallest absolute Gasteiger partial charge is 0.294 e. The zero-order chi connectivity index (χ0) is 15.9. The highest BCUT2D eigenvalue weighted by molar-refractivity contribution is 7.83. The van der Waals surface area contributed by atoms with Gasteiger partial charge in [-0.1, -0.05) is 0 Å². The fourth-order valence-corrected chi connectivity index (χ4v) is 3.97. The summed E-state index contributed by atoms with van der Waals surface area (Å²) in [4.78, 5) is 0. The molecule has 4 nitrogen and oxygen atoms in total. The van der Waals surface area contributed by atoms with Crippen LogP contribution in [0.25, 0.3) is 0 Å². The predicted octanol–water partition coefficient (Wildman–Crippen LogP) is 2.98. The molecular formula is C7H12F6O4SSi. The van der Waals surface area contributed by atoms with E-state index in [-0.39, 0.29) is 0 Å². The molecule has 0 aromatic carbocycles. The summed E-state index contributed by atoms with van der Waals surface area (Å²) >= 11 is 0. The zero-order valence-corrected chi connectivity index (χ0v) is 12.1.